The Morgan fingerprint density at radius 1 is 1.29 bits per heavy atom. The first-order chi connectivity index (χ1) is 13.8. The summed E-state index contributed by atoms with van der Waals surface area (Å²) in [6.07, 6.45) is 4.31. The van der Waals surface area contributed by atoms with Crippen molar-refractivity contribution in [3.05, 3.63) is 52.5 Å². The predicted octanol–water partition coefficient (Wildman–Crippen LogP) is 3.09. The van der Waals surface area contributed by atoms with Gasteiger partial charge >= 0.3 is 0 Å². The lowest BCUT2D eigenvalue weighted by Crippen LogP contribution is -2.45. The van der Waals surface area contributed by atoms with Crippen LogP contribution in [-0.4, -0.2) is 41.6 Å². The molecule has 2 aliphatic heterocycles. The first kappa shape index (κ1) is 17.6. The monoisotopic (exact) mass is 394 g/mol. The maximum Gasteiger partial charge on any atom is 0.242 e. The van der Waals surface area contributed by atoms with Crippen molar-refractivity contribution in [1.82, 2.24) is 15.3 Å². The van der Waals surface area contributed by atoms with Gasteiger partial charge < -0.3 is 15.0 Å². The van der Waals surface area contributed by atoms with Crippen LogP contribution in [0.2, 0.25) is 0 Å². The Hall–Kier alpha value is -2.51. The highest BCUT2D eigenvalue weighted by atomic mass is 32.1. The zero-order valence-corrected chi connectivity index (χ0v) is 16.3. The van der Waals surface area contributed by atoms with Crippen LogP contribution in [0.1, 0.15) is 29.4 Å². The summed E-state index contributed by atoms with van der Waals surface area (Å²) in [5.41, 5.74) is 2.13. The van der Waals surface area contributed by atoms with Gasteiger partial charge in [0.1, 0.15) is 24.3 Å². The van der Waals surface area contributed by atoms with Crippen LogP contribution in [0.3, 0.4) is 0 Å². The second-order valence-corrected chi connectivity index (χ2v) is 8.22. The second-order valence-electron chi connectivity index (χ2n) is 7.22. The second kappa shape index (κ2) is 7.48. The van der Waals surface area contributed by atoms with Crippen LogP contribution in [-0.2, 0) is 16.0 Å². The lowest BCUT2D eigenvalue weighted by molar-refractivity contribution is -0.123. The summed E-state index contributed by atoms with van der Waals surface area (Å²) in [4.78, 5) is 25.4. The highest BCUT2D eigenvalue weighted by Gasteiger charge is 2.33. The molecule has 0 radical (unpaired) electrons. The number of rotatable bonds is 4. The van der Waals surface area contributed by atoms with E-state index in [0.717, 1.165) is 49.1 Å². The first-order valence-electron chi connectivity index (χ1n) is 9.73. The molecule has 0 saturated carbocycles. The summed E-state index contributed by atoms with van der Waals surface area (Å²) in [6, 6.07) is 9.86. The number of carbonyl (C=O) groups is 1. The maximum absolute atomic E-state index is 13.0. The van der Waals surface area contributed by atoms with Gasteiger partial charge in [-0.15, -0.1) is 11.3 Å². The summed E-state index contributed by atoms with van der Waals surface area (Å²) in [6.45, 7) is 2.06. The van der Waals surface area contributed by atoms with Gasteiger partial charge in [0.2, 0.25) is 5.91 Å². The molecule has 4 heterocycles. The fraction of sp³-hybridized carbons (Fsp3) is 0.381. The van der Waals surface area contributed by atoms with Crippen molar-refractivity contribution in [2.24, 2.45) is 0 Å². The number of thiophene rings is 1. The molecule has 0 bridgehead atoms. The highest BCUT2D eigenvalue weighted by molar-refractivity contribution is 7.10. The van der Waals surface area contributed by atoms with Gasteiger partial charge in [-0.1, -0.05) is 12.1 Å². The Labute approximate surface area is 167 Å². The maximum atomic E-state index is 13.0. The number of nitrogens with zero attached hydrogens (tertiary/aromatic N) is 3. The minimum atomic E-state index is -0.205. The van der Waals surface area contributed by atoms with E-state index in [1.54, 1.807) is 17.7 Å². The molecule has 7 heteroatoms. The molecule has 3 aromatic rings. The number of ether oxygens (including phenoxy) is 1. The molecule has 2 atom stereocenters. The van der Waals surface area contributed by atoms with Crippen LogP contribution >= 0.6 is 11.3 Å². The van der Waals surface area contributed by atoms with Crippen molar-refractivity contribution in [3.8, 4) is 0 Å². The number of benzene rings is 1. The fourth-order valence-electron chi connectivity index (χ4n) is 4.22. The molecule has 5 rings (SSSR count). The molecule has 144 valence electrons. The topological polar surface area (TPSA) is 67.3 Å². The molecule has 2 unspecified atom stereocenters. The quantitative estimate of drug-likeness (QED) is 0.737. The number of para-hydroxylation sites is 1. The lowest BCUT2D eigenvalue weighted by Gasteiger charge is -2.28. The third-order valence-corrected chi connectivity index (χ3v) is 6.58. The average molecular weight is 395 g/mol. The molecule has 2 aliphatic rings. The molecular weight excluding hydrogens is 372 g/mol. The molecule has 2 aromatic heterocycles. The number of aromatic nitrogens is 2. The van der Waals surface area contributed by atoms with Crippen LogP contribution in [0.25, 0.3) is 10.9 Å². The third kappa shape index (κ3) is 3.14. The van der Waals surface area contributed by atoms with Gasteiger partial charge in [0.05, 0.1) is 12.1 Å². The van der Waals surface area contributed by atoms with E-state index in [-0.39, 0.29) is 18.1 Å². The number of anilines is 1. The Bertz CT molecular complexity index is 999. The number of nitrogens with one attached hydrogen (secondary N) is 1. The molecule has 1 amide bonds. The molecule has 28 heavy (non-hydrogen) atoms. The van der Waals surface area contributed by atoms with Gasteiger partial charge in [0.15, 0.2) is 0 Å². The van der Waals surface area contributed by atoms with E-state index < -0.39 is 0 Å². The lowest BCUT2D eigenvalue weighted by atomic mass is 10.1. The summed E-state index contributed by atoms with van der Waals surface area (Å²) < 4.78 is 5.90. The van der Waals surface area contributed by atoms with Crippen molar-refractivity contribution < 1.29 is 9.53 Å². The largest absolute Gasteiger partial charge is 0.371 e. The number of hydrogen-bond donors (Lipinski definition) is 1. The minimum absolute atomic E-state index is 0.0474. The van der Waals surface area contributed by atoms with Crippen LogP contribution < -0.4 is 10.2 Å². The summed E-state index contributed by atoms with van der Waals surface area (Å²) in [5, 5.41) is 6.22. The first-order valence-corrected chi connectivity index (χ1v) is 10.6. The molecule has 1 N–H and O–H groups in total. The molecule has 1 fully saturated rings. The minimum Gasteiger partial charge on any atom is -0.371 e. The van der Waals surface area contributed by atoms with Crippen LogP contribution in [0.4, 0.5) is 5.82 Å². The van der Waals surface area contributed by atoms with Gasteiger partial charge in [-0.25, -0.2) is 9.97 Å². The zero-order chi connectivity index (χ0) is 18.9. The molecule has 1 saturated heterocycles. The van der Waals surface area contributed by atoms with Gasteiger partial charge in [-0.3, -0.25) is 4.79 Å². The number of fused-ring (bicyclic) bond motifs is 2. The molecule has 0 spiro atoms. The van der Waals surface area contributed by atoms with Gasteiger partial charge in [0.25, 0.3) is 0 Å². The van der Waals surface area contributed by atoms with Crippen molar-refractivity contribution in [2.75, 3.05) is 24.6 Å². The Morgan fingerprint density at radius 2 is 2.21 bits per heavy atom. The Kier molecular flexibility index (Phi) is 4.70. The van der Waals surface area contributed by atoms with E-state index in [2.05, 4.69) is 31.6 Å². The SMILES string of the molecule is O=C(NCC1OCCc2sccc21)C1CCCN1c1ncnc2ccccc12. The third-order valence-electron chi connectivity index (χ3n) is 5.59. The standard InChI is InChI=1S/C21H22N4O2S/c26-21(22-12-18-15-8-11-28-19(15)7-10-27-18)17-6-3-9-25(17)20-14-4-1-2-5-16(14)23-13-24-20/h1-2,4-5,8,11,13,17-18H,3,6-7,9-10,12H2,(H,22,26). The number of carbonyl (C=O) groups excluding carboxylic acids is 1. The number of amides is 1. The Balaban J connectivity index is 1.32. The fourth-order valence-corrected chi connectivity index (χ4v) is 5.13. The van der Waals surface area contributed by atoms with Crippen molar-refractivity contribution in [3.63, 3.8) is 0 Å². The van der Waals surface area contributed by atoms with E-state index in [0.29, 0.717) is 6.54 Å². The summed E-state index contributed by atoms with van der Waals surface area (Å²) in [5.74, 6) is 0.892. The predicted molar refractivity (Wildman–Crippen MR) is 110 cm³/mol. The van der Waals surface area contributed by atoms with Crippen LogP contribution in [0.5, 0.6) is 0 Å². The molecular formula is C21H22N4O2S. The normalized spacial score (nSPS) is 21.6. The van der Waals surface area contributed by atoms with Crippen molar-refractivity contribution >= 4 is 34.0 Å². The zero-order valence-electron chi connectivity index (χ0n) is 15.5. The van der Waals surface area contributed by atoms with Crippen molar-refractivity contribution in [2.45, 2.75) is 31.4 Å². The van der Waals surface area contributed by atoms with Crippen LogP contribution in [0, 0.1) is 0 Å². The van der Waals surface area contributed by atoms with E-state index in [4.69, 9.17) is 4.74 Å². The number of hydrogen-bond acceptors (Lipinski definition) is 6. The molecule has 6 nitrogen and oxygen atoms in total. The smallest absolute Gasteiger partial charge is 0.242 e. The Morgan fingerprint density at radius 3 is 3.18 bits per heavy atom. The van der Waals surface area contributed by atoms with Gasteiger partial charge in [-0.2, -0.15) is 0 Å². The molecule has 0 aliphatic carbocycles. The van der Waals surface area contributed by atoms with Crippen molar-refractivity contribution in [1.29, 1.82) is 0 Å². The highest BCUT2D eigenvalue weighted by Crippen LogP contribution is 2.32. The summed E-state index contributed by atoms with van der Waals surface area (Å²) >= 11 is 1.77. The van der Waals surface area contributed by atoms with Crippen LogP contribution in [0.15, 0.2) is 42.0 Å². The van der Waals surface area contributed by atoms with Gasteiger partial charge in [0, 0.05) is 29.8 Å². The van der Waals surface area contributed by atoms with E-state index in [9.17, 15) is 4.79 Å². The van der Waals surface area contributed by atoms with E-state index in [1.807, 2.05) is 24.3 Å². The average Bonchev–Trinajstić information content (AvgIpc) is 3.41. The van der Waals surface area contributed by atoms with Gasteiger partial charge in [-0.05, 0) is 42.0 Å². The summed E-state index contributed by atoms with van der Waals surface area (Å²) in [7, 11) is 0. The molecule has 1 aromatic carbocycles. The van der Waals surface area contributed by atoms with E-state index >= 15 is 0 Å². The van der Waals surface area contributed by atoms with E-state index in [1.165, 1.54) is 10.4 Å².